The zero-order valence-electron chi connectivity index (χ0n) is 11.6. The lowest BCUT2D eigenvalue weighted by Gasteiger charge is -2.06. The Morgan fingerprint density at radius 3 is 2.70 bits per heavy atom. The second kappa shape index (κ2) is 5.48. The number of amides is 1. The van der Waals surface area contributed by atoms with Crippen LogP contribution in [0, 0.1) is 18.6 Å². The number of carbonyl (C=O) groups excluding carboxylic acids is 1. The number of rotatable bonds is 4. The van der Waals surface area contributed by atoms with Gasteiger partial charge in [0.05, 0.1) is 12.6 Å². The number of aryl methyl sites for hydroxylation is 1. The highest BCUT2D eigenvalue weighted by Gasteiger charge is 2.19. The van der Waals surface area contributed by atoms with E-state index in [-0.39, 0.29) is 17.2 Å². The van der Waals surface area contributed by atoms with Crippen LogP contribution in [0.25, 0.3) is 10.9 Å². The quantitative estimate of drug-likeness (QED) is 0.905. The maximum absolute atomic E-state index is 13.9. The molecular formula is C14H16F2N2O2. The lowest BCUT2D eigenvalue weighted by molar-refractivity contribution is -0.118. The molecule has 2 N–H and O–H groups in total. The van der Waals surface area contributed by atoms with Crippen LogP contribution in [-0.2, 0) is 11.2 Å². The number of benzene rings is 1. The number of methoxy groups -OCH3 is 1. The Morgan fingerprint density at radius 2 is 2.10 bits per heavy atom. The van der Waals surface area contributed by atoms with Crippen LogP contribution in [0.2, 0.25) is 0 Å². The maximum atomic E-state index is 13.9. The average molecular weight is 282 g/mol. The zero-order chi connectivity index (χ0) is 14.9. The molecular weight excluding hydrogens is 266 g/mol. The number of halogens is 2. The van der Waals surface area contributed by atoms with E-state index >= 15 is 0 Å². The van der Waals surface area contributed by atoms with Gasteiger partial charge in [0.25, 0.3) is 0 Å². The third kappa shape index (κ3) is 2.45. The number of nitrogens with one attached hydrogen (secondary N) is 2. The standard InChI is InChI=1S/C14H16F2N2O2/c1-7-9(4-5-17-8(2)19)10-6-11(20-3)12(15)13(16)14(10)18-7/h6,18H,4-5H2,1-3H3,(H,17,19). The number of hydrogen-bond acceptors (Lipinski definition) is 2. The van der Waals surface area contributed by atoms with Crippen molar-refractivity contribution in [3.63, 3.8) is 0 Å². The molecule has 108 valence electrons. The van der Waals surface area contributed by atoms with Crippen LogP contribution in [0.3, 0.4) is 0 Å². The number of aromatic amines is 1. The molecule has 1 heterocycles. The van der Waals surface area contributed by atoms with Crippen molar-refractivity contribution in [2.75, 3.05) is 13.7 Å². The summed E-state index contributed by atoms with van der Waals surface area (Å²) in [7, 11) is 1.29. The molecule has 2 aromatic rings. The van der Waals surface area contributed by atoms with Crippen LogP contribution in [0.4, 0.5) is 8.78 Å². The lowest BCUT2D eigenvalue weighted by atomic mass is 10.1. The van der Waals surface area contributed by atoms with E-state index in [4.69, 9.17) is 4.74 Å². The van der Waals surface area contributed by atoms with Crippen LogP contribution in [0.5, 0.6) is 5.75 Å². The van der Waals surface area contributed by atoms with Crippen LogP contribution >= 0.6 is 0 Å². The van der Waals surface area contributed by atoms with E-state index in [0.29, 0.717) is 18.4 Å². The first-order valence-corrected chi connectivity index (χ1v) is 6.23. The van der Waals surface area contributed by atoms with Gasteiger partial charge in [-0.05, 0) is 25.0 Å². The van der Waals surface area contributed by atoms with Gasteiger partial charge >= 0.3 is 0 Å². The fraction of sp³-hybridized carbons (Fsp3) is 0.357. The Balaban J connectivity index is 2.46. The van der Waals surface area contributed by atoms with E-state index in [1.54, 1.807) is 6.92 Å². The van der Waals surface area contributed by atoms with Gasteiger partial charge < -0.3 is 15.0 Å². The van der Waals surface area contributed by atoms with Crippen molar-refractivity contribution in [2.45, 2.75) is 20.3 Å². The van der Waals surface area contributed by atoms with Crippen LogP contribution in [0.1, 0.15) is 18.2 Å². The van der Waals surface area contributed by atoms with E-state index in [2.05, 4.69) is 10.3 Å². The highest BCUT2D eigenvalue weighted by Crippen LogP contribution is 2.31. The molecule has 0 saturated heterocycles. The summed E-state index contributed by atoms with van der Waals surface area (Å²) in [5.74, 6) is -2.21. The number of carbonyl (C=O) groups is 1. The number of fused-ring (bicyclic) bond motifs is 1. The van der Waals surface area contributed by atoms with Gasteiger partial charge in [-0.25, -0.2) is 4.39 Å². The predicted molar refractivity (Wildman–Crippen MR) is 71.9 cm³/mol. The van der Waals surface area contributed by atoms with Crippen molar-refractivity contribution in [3.05, 3.63) is 29.0 Å². The molecule has 0 atom stereocenters. The fourth-order valence-electron chi connectivity index (χ4n) is 2.26. The molecule has 0 aliphatic heterocycles. The minimum Gasteiger partial charge on any atom is -0.494 e. The summed E-state index contributed by atoms with van der Waals surface area (Å²) in [6.07, 6.45) is 0.527. The molecule has 4 nitrogen and oxygen atoms in total. The SMILES string of the molecule is COc1cc2c(CCNC(C)=O)c(C)[nH]c2c(F)c1F. The van der Waals surface area contributed by atoms with Crippen molar-refractivity contribution in [1.82, 2.24) is 10.3 Å². The third-order valence-corrected chi connectivity index (χ3v) is 3.23. The molecule has 0 aliphatic carbocycles. The molecule has 0 aliphatic rings. The van der Waals surface area contributed by atoms with Crippen molar-refractivity contribution in [1.29, 1.82) is 0 Å². The summed E-state index contributed by atoms with van der Waals surface area (Å²) in [6, 6.07) is 1.47. The number of ether oxygens (including phenoxy) is 1. The van der Waals surface area contributed by atoms with E-state index in [1.165, 1.54) is 20.1 Å². The second-order valence-electron chi connectivity index (χ2n) is 4.59. The molecule has 1 amide bonds. The van der Waals surface area contributed by atoms with Crippen LogP contribution in [-0.4, -0.2) is 24.5 Å². The smallest absolute Gasteiger partial charge is 0.216 e. The molecule has 1 aromatic carbocycles. The van der Waals surface area contributed by atoms with Gasteiger partial charge in [0.1, 0.15) is 0 Å². The predicted octanol–water partition coefficient (Wildman–Crippen LogP) is 2.44. The molecule has 0 saturated carbocycles. The monoisotopic (exact) mass is 282 g/mol. The molecule has 0 spiro atoms. The van der Waals surface area contributed by atoms with Gasteiger partial charge in [0.15, 0.2) is 11.6 Å². The molecule has 20 heavy (non-hydrogen) atoms. The third-order valence-electron chi connectivity index (χ3n) is 3.23. The molecule has 2 rings (SSSR count). The van der Waals surface area contributed by atoms with Crippen molar-refractivity contribution < 1.29 is 18.3 Å². The average Bonchev–Trinajstić information content (AvgIpc) is 2.71. The van der Waals surface area contributed by atoms with E-state index < -0.39 is 11.6 Å². The van der Waals surface area contributed by atoms with E-state index in [1.807, 2.05) is 0 Å². The number of aromatic nitrogens is 1. The van der Waals surface area contributed by atoms with E-state index in [0.717, 1.165) is 11.3 Å². The van der Waals surface area contributed by atoms with Crippen molar-refractivity contribution in [3.8, 4) is 5.75 Å². The normalized spacial score (nSPS) is 10.8. The van der Waals surface area contributed by atoms with E-state index in [9.17, 15) is 13.6 Å². The van der Waals surface area contributed by atoms with Gasteiger partial charge in [-0.3, -0.25) is 4.79 Å². The summed E-state index contributed by atoms with van der Waals surface area (Å²) < 4.78 is 32.4. The van der Waals surface area contributed by atoms with Crippen molar-refractivity contribution in [2.24, 2.45) is 0 Å². The first-order valence-electron chi connectivity index (χ1n) is 6.23. The van der Waals surface area contributed by atoms with Gasteiger partial charge in [-0.15, -0.1) is 0 Å². The topological polar surface area (TPSA) is 54.1 Å². The van der Waals surface area contributed by atoms with Crippen molar-refractivity contribution >= 4 is 16.8 Å². The Kier molecular flexibility index (Phi) is 3.92. The summed E-state index contributed by atoms with van der Waals surface area (Å²) >= 11 is 0. The minimum atomic E-state index is -1.00. The fourth-order valence-corrected chi connectivity index (χ4v) is 2.26. The number of hydrogen-bond donors (Lipinski definition) is 2. The Hall–Kier alpha value is -2.11. The summed E-state index contributed by atoms with van der Waals surface area (Å²) in [5, 5.41) is 3.25. The lowest BCUT2D eigenvalue weighted by Crippen LogP contribution is -2.22. The molecule has 0 bridgehead atoms. The largest absolute Gasteiger partial charge is 0.494 e. The van der Waals surface area contributed by atoms with Gasteiger partial charge in [0, 0.05) is 24.5 Å². The second-order valence-corrected chi connectivity index (χ2v) is 4.59. The molecule has 0 radical (unpaired) electrons. The zero-order valence-corrected chi connectivity index (χ0v) is 11.6. The van der Waals surface area contributed by atoms with Gasteiger partial charge in [0.2, 0.25) is 11.7 Å². The summed E-state index contributed by atoms with van der Waals surface area (Å²) in [6.45, 7) is 3.65. The van der Waals surface area contributed by atoms with Gasteiger partial charge in [-0.1, -0.05) is 0 Å². The first kappa shape index (κ1) is 14.3. The highest BCUT2D eigenvalue weighted by atomic mass is 19.2. The molecule has 0 fully saturated rings. The first-order chi connectivity index (χ1) is 9.45. The minimum absolute atomic E-state index is 0.124. The Bertz CT molecular complexity index is 665. The van der Waals surface area contributed by atoms with Crippen LogP contribution < -0.4 is 10.1 Å². The Morgan fingerprint density at radius 1 is 1.40 bits per heavy atom. The molecule has 0 unspecified atom stereocenters. The van der Waals surface area contributed by atoms with Crippen LogP contribution in [0.15, 0.2) is 6.07 Å². The molecule has 1 aromatic heterocycles. The molecule has 6 heteroatoms. The van der Waals surface area contributed by atoms with Gasteiger partial charge in [-0.2, -0.15) is 4.39 Å². The summed E-state index contributed by atoms with van der Waals surface area (Å²) in [4.78, 5) is 13.7. The number of H-pyrrole nitrogens is 1. The highest BCUT2D eigenvalue weighted by molar-refractivity contribution is 5.87. The Labute approximate surface area is 115 Å². The maximum Gasteiger partial charge on any atom is 0.216 e. The summed E-state index contributed by atoms with van der Waals surface area (Å²) in [5.41, 5.74) is 1.71.